The Hall–Kier alpha value is -1.91. The van der Waals surface area contributed by atoms with Crippen LogP contribution in [0.5, 0.6) is 5.75 Å². The van der Waals surface area contributed by atoms with E-state index in [1.54, 1.807) is 0 Å². The molecule has 5 heteroatoms. The first-order valence-electron chi connectivity index (χ1n) is 8.06. The molecule has 0 aliphatic heterocycles. The molecular formula is C18H25FO4. The number of carbonyl (C=O) groups is 2. The number of esters is 2. The van der Waals surface area contributed by atoms with E-state index < -0.39 is 17.8 Å². The number of rotatable bonds is 8. The van der Waals surface area contributed by atoms with Crippen LogP contribution in [0.2, 0.25) is 0 Å². The Morgan fingerprint density at radius 2 is 1.83 bits per heavy atom. The van der Waals surface area contributed by atoms with Crippen LogP contribution in [-0.2, 0) is 9.53 Å². The molecule has 0 aliphatic rings. The normalized spacial score (nSPS) is 12.1. The summed E-state index contributed by atoms with van der Waals surface area (Å²) >= 11 is 0. The van der Waals surface area contributed by atoms with Gasteiger partial charge in [0.2, 0.25) is 0 Å². The molecule has 1 atom stereocenters. The molecule has 0 fully saturated rings. The second kappa shape index (κ2) is 9.28. The van der Waals surface area contributed by atoms with Crippen LogP contribution in [0.3, 0.4) is 0 Å². The third-order valence-electron chi connectivity index (χ3n) is 3.87. The zero-order valence-corrected chi connectivity index (χ0v) is 14.2. The monoisotopic (exact) mass is 324 g/mol. The van der Waals surface area contributed by atoms with Crippen molar-refractivity contribution in [3.63, 3.8) is 0 Å². The van der Waals surface area contributed by atoms with E-state index in [0.717, 1.165) is 31.7 Å². The number of carbonyl (C=O) groups excluding carboxylic acids is 2. The van der Waals surface area contributed by atoms with Crippen LogP contribution in [-0.4, -0.2) is 18.0 Å². The highest BCUT2D eigenvalue weighted by Crippen LogP contribution is 2.20. The molecule has 0 heterocycles. The molecule has 0 aliphatic carbocycles. The topological polar surface area (TPSA) is 52.6 Å². The van der Waals surface area contributed by atoms with Gasteiger partial charge in [-0.2, -0.15) is 0 Å². The van der Waals surface area contributed by atoms with E-state index in [2.05, 4.69) is 13.8 Å². The highest BCUT2D eigenvalue weighted by molar-refractivity contribution is 5.90. The smallest absolute Gasteiger partial charge is 0.341 e. The SMILES string of the molecule is CCC(CC)CCC(C)OC(=O)c1ccc(OC(C)=O)cc1F. The molecule has 0 N–H and O–H groups in total. The average Bonchev–Trinajstić information content (AvgIpc) is 2.47. The molecular weight excluding hydrogens is 299 g/mol. The van der Waals surface area contributed by atoms with Gasteiger partial charge in [0.15, 0.2) is 0 Å². The third-order valence-corrected chi connectivity index (χ3v) is 3.87. The summed E-state index contributed by atoms with van der Waals surface area (Å²) in [6.45, 7) is 7.32. The van der Waals surface area contributed by atoms with Gasteiger partial charge in [0.05, 0.1) is 11.7 Å². The Kier molecular flexibility index (Phi) is 7.72. The minimum Gasteiger partial charge on any atom is -0.459 e. The summed E-state index contributed by atoms with van der Waals surface area (Å²) in [5.74, 6) is -1.33. The Bertz CT molecular complexity index is 538. The zero-order chi connectivity index (χ0) is 17.4. The first-order valence-corrected chi connectivity index (χ1v) is 8.06. The number of ether oxygens (including phenoxy) is 2. The van der Waals surface area contributed by atoms with Gasteiger partial charge in [-0.05, 0) is 37.8 Å². The number of hydrogen-bond donors (Lipinski definition) is 0. The Morgan fingerprint density at radius 3 is 2.35 bits per heavy atom. The van der Waals surface area contributed by atoms with Crippen molar-refractivity contribution in [3.05, 3.63) is 29.6 Å². The van der Waals surface area contributed by atoms with Gasteiger partial charge in [-0.15, -0.1) is 0 Å². The van der Waals surface area contributed by atoms with Crippen molar-refractivity contribution in [2.75, 3.05) is 0 Å². The molecule has 0 spiro atoms. The molecule has 0 amide bonds. The molecule has 0 bridgehead atoms. The number of hydrogen-bond acceptors (Lipinski definition) is 4. The van der Waals surface area contributed by atoms with Crippen LogP contribution in [0.25, 0.3) is 0 Å². The van der Waals surface area contributed by atoms with Crippen molar-refractivity contribution in [1.29, 1.82) is 0 Å². The molecule has 0 radical (unpaired) electrons. The molecule has 128 valence electrons. The Labute approximate surface area is 137 Å². The first-order chi connectivity index (χ1) is 10.9. The fourth-order valence-corrected chi connectivity index (χ4v) is 2.36. The van der Waals surface area contributed by atoms with Crippen LogP contribution in [0, 0.1) is 11.7 Å². The van der Waals surface area contributed by atoms with Crippen LogP contribution in [0.15, 0.2) is 18.2 Å². The van der Waals surface area contributed by atoms with Crippen molar-refractivity contribution in [1.82, 2.24) is 0 Å². The molecule has 1 unspecified atom stereocenters. The van der Waals surface area contributed by atoms with E-state index in [-0.39, 0.29) is 17.4 Å². The summed E-state index contributed by atoms with van der Waals surface area (Å²) in [7, 11) is 0. The lowest BCUT2D eigenvalue weighted by Gasteiger charge is -2.17. The first kappa shape index (κ1) is 19.1. The van der Waals surface area contributed by atoms with Gasteiger partial charge in [0.25, 0.3) is 0 Å². The zero-order valence-electron chi connectivity index (χ0n) is 14.2. The summed E-state index contributed by atoms with van der Waals surface area (Å²) < 4.78 is 24.0. The van der Waals surface area contributed by atoms with Crippen molar-refractivity contribution < 1.29 is 23.5 Å². The maximum atomic E-state index is 13.9. The lowest BCUT2D eigenvalue weighted by Crippen LogP contribution is -2.17. The maximum absolute atomic E-state index is 13.9. The summed E-state index contributed by atoms with van der Waals surface area (Å²) in [5, 5.41) is 0. The van der Waals surface area contributed by atoms with Gasteiger partial charge < -0.3 is 9.47 Å². The molecule has 1 aromatic carbocycles. The van der Waals surface area contributed by atoms with Crippen molar-refractivity contribution >= 4 is 11.9 Å². The van der Waals surface area contributed by atoms with Gasteiger partial charge in [-0.1, -0.05) is 26.7 Å². The van der Waals surface area contributed by atoms with Gasteiger partial charge in [0.1, 0.15) is 11.6 Å². The highest BCUT2D eigenvalue weighted by Gasteiger charge is 2.18. The molecule has 4 nitrogen and oxygen atoms in total. The maximum Gasteiger partial charge on any atom is 0.341 e. The van der Waals surface area contributed by atoms with E-state index >= 15 is 0 Å². The van der Waals surface area contributed by atoms with Gasteiger partial charge in [-0.25, -0.2) is 9.18 Å². The highest BCUT2D eigenvalue weighted by atomic mass is 19.1. The second-order valence-electron chi connectivity index (χ2n) is 5.71. The number of benzene rings is 1. The minimum atomic E-state index is -0.763. The minimum absolute atomic E-state index is 0.0633. The molecule has 23 heavy (non-hydrogen) atoms. The molecule has 0 aromatic heterocycles. The predicted octanol–water partition coefficient (Wildman–Crippen LogP) is 4.51. The van der Waals surface area contributed by atoms with Gasteiger partial charge in [0, 0.05) is 13.0 Å². The molecule has 1 rings (SSSR count). The summed E-state index contributed by atoms with van der Waals surface area (Å²) in [6, 6.07) is 3.65. The van der Waals surface area contributed by atoms with E-state index in [9.17, 15) is 14.0 Å². The van der Waals surface area contributed by atoms with Crippen molar-refractivity contribution in [2.24, 2.45) is 5.92 Å². The van der Waals surface area contributed by atoms with Crippen LogP contribution >= 0.6 is 0 Å². The largest absolute Gasteiger partial charge is 0.459 e. The van der Waals surface area contributed by atoms with E-state index in [4.69, 9.17) is 9.47 Å². The quantitative estimate of drug-likeness (QED) is 0.521. The summed E-state index contributed by atoms with van der Waals surface area (Å²) in [6.07, 6.45) is 3.67. The summed E-state index contributed by atoms with van der Waals surface area (Å²) in [5.41, 5.74) is -0.157. The Morgan fingerprint density at radius 1 is 1.17 bits per heavy atom. The second-order valence-corrected chi connectivity index (χ2v) is 5.71. The lowest BCUT2D eigenvalue weighted by atomic mass is 9.96. The predicted molar refractivity (Wildman–Crippen MR) is 85.9 cm³/mol. The third kappa shape index (κ3) is 6.38. The van der Waals surface area contributed by atoms with Gasteiger partial charge in [-0.3, -0.25) is 4.79 Å². The fourth-order valence-electron chi connectivity index (χ4n) is 2.36. The molecule has 1 aromatic rings. The number of halogens is 1. The fraction of sp³-hybridized carbons (Fsp3) is 0.556. The average molecular weight is 324 g/mol. The van der Waals surface area contributed by atoms with Crippen LogP contribution < -0.4 is 4.74 Å². The van der Waals surface area contributed by atoms with E-state index in [1.807, 2.05) is 6.92 Å². The van der Waals surface area contributed by atoms with Crippen LogP contribution in [0.4, 0.5) is 4.39 Å². The standard InChI is InChI=1S/C18H25FO4/c1-5-14(6-2)8-7-12(3)22-18(21)16-10-9-15(11-17(16)19)23-13(4)20/h9-12,14H,5-8H2,1-4H3. The Balaban J connectivity index is 2.61. The van der Waals surface area contributed by atoms with E-state index in [1.165, 1.54) is 19.1 Å². The molecule has 0 saturated heterocycles. The van der Waals surface area contributed by atoms with Gasteiger partial charge >= 0.3 is 11.9 Å². The van der Waals surface area contributed by atoms with Crippen molar-refractivity contribution in [2.45, 2.75) is 59.5 Å². The van der Waals surface area contributed by atoms with E-state index in [0.29, 0.717) is 5.92 Å². The van der Waals surface area contributed by atoms with Crippen molar-refractivity contribution in [3.8, 4) is 5.75 Å². The lowest BCUT2D eigenvalue weighted by molar-refractivity contribution is -0.131. The van der Waals surface area contributed by atoms with Crippen LogP contribution in [0.1, 0.15) is 63.7 Å². The molecule has 0 saturated carbocycles. The summed E-state index contributed by atoms with van der Waals surface area (Å²) in [4.78, 5) is 22.9.